The Morgan fingerprint density at radius 2 is 0.712 bits per heavy atom. The Bertz CT molecular complexity index is 4920. The summed E-state index contributed by atoms with van der Waals surface area (Å²) in [6, 6.07) is 27.7. The minimum absolute atomic E-state index is 0. The maximum absolute atomic E-state index is 12.9. The van der Waals surface area contributed by atoms with E-state index < -0.39 is 148 Å². The molecule has 0 saturated carbocycles. The van der Waals surface area contributed by atoms with E-state index in [2.05, 4.69) is 15.4 Å². The smallest absolute Gasteiger partial charge is 0.462 e. The van der Waals surface area contributed by atoms with Gasteiger partial charge in [0.1, 0.15) is 97.4 Å². The molecule has 37 nitrogen and oxygen atoms in total. The Labute approximate surface area is 738 Å². The number of carbonyl (C=O) groups excluding carboxylic acids is 8. The van der Waals surface area contributed by atoms with Crippen LogP contribution in [0.3, 0.4) is 0 Å². The monoisotopic (exact) mass is 1840 g/mol. The molecule has 2 saturated heterocycles. The minimum atomic E-state index is -3.62. The Kier molecular flexibility index (Phi) is 42.5. The number of hydrogen-bond donors (Lipinski definition) is 8. The van der Waals surface area contributed by atoms with Gasteiger partial charge in [0.05, 0.1) is 39.6 Å². The minimum Gasteiger partial charge on any atom is -0.462 e. The van der Waals surface area contributed by atoms with Gasteiger partial charge in [-0.05, 0) is 143 Å². The summed E-state index contributed by atoms with van der Waals surface area (Å²) in [5, 5.41) is 45.3. The lowest BCUT2D eigenvalue weighted by Crippen LogP contribution is -2.46. The molecule has 125 heavy (non-hydrogen) atoms. The van der Waals surface area contributed by atoms with Crippen LogP contribution in [0.5, 0.6) is 0 Å². The number of alkyl carbamates (subject to hydrolysis) is 2. The Morgan fingerprint density at radius 1 is 0.440 bits per heavy atom. The number of nitrogens with one attached hydrogen (secondary N) is 2. The topological polar surface area (TPSA) is 486 Å². The Hall–Kier alpha value is -9.24. The normalized spacial score (nSPS) is 17.6. The predicted octanol–water partition coefficient (Wildman–Crippen LogP) is 11.0. The number of halogens is 2. The fourth-order valence-corrected chi connectivity index (χ4v) is 14.7. The summed E-state index contributed by atoms with van der Waals surface area (Å²) in [5.41, 5.74) is 16.8. The number of amides is 2. The Balaban J connectivity index is 0.000000333. The summed E-state index contributed by atoms with van der Waals surface area (Å²) >= 11 is 0. The molecule has 2 aliphatic rings. The maximum atomic E-state index is 12.9. The fourth-order valence-electron chi connectivity index (χ4n) is 12.0. The highest BCUT2D eigenvalue weighted by Crippen LogP contribution is 2.55. The number of fused-ring (bicyclic) bond motifs is 4. The number of esters is 4. The van der Waals surface area contributed by atoms with Gasteiger partial charge in [-0.15, -0.1) is 24.8 Å². The summed E-state index contributed by atoms with van der Waals surface area (Å²) in [6.45, 7) is 22.3. The van der Waals surface area contributed by atoms with Gasteiger partial charge in [0, 0.05) is 122 Å². The summed E-state index contributed by atoms with van der Waals surface area (Å²) < 4.78 is 107. The van der Waals surface area contributed by atoms with Crippen molar-refractivity contribution in [1.29, 1.82) is 0 Å². The largest absolute Gasteiger partial charge is 0.519 e. The number of benzene rings is 4. The SMILES string of the molecule is CC(C)(C)OC(=O)OC(=O)OC(C)(C)C.CCOP1(=O)OCC(COC(=O)[C@@H](Cc2cn(C)c3ccccc23)NC(=O)OC(C)(C)C)O1.CCOP1(=O)OCC(COC(=O)[C@H](N)Cc2cn(C)c3ccccc23)O1.Cl.Cl.Cn1cc(C[C@@H](N)C(=O)OCC(O)CO)c2ccccc21.Cn1cc(C[C@@H](NC(=O)OC(C)(C)C)C(=O)OCC(O)CO)c2ccccc21. The van der Waals surface area contributed by atoms with Crippen molar-refractivity contribution in [2.45, 2.75) is 194 Å². The molecule has 696 valence electrons. The highest BCUT2D eigenvalue weighted by atomic mass is 35.5. The first-order valence-electron chi connectivity index (χ1n) is 39.7. The second kappa shape index (κ2) is 49.2. The molecular formula is C84H122Cl2N8O29P2. The lowest BCUT2D eigenvalue weighted by Gasteiger charge is -2.23. The van der Waals surface area contributed by atoms with E-state index in [0.29, 0.717) is 12.8 Å². The van der Waals surface area contributed by atoms with E-state index in [0.717, 1.165) is 65.9 Å². The van der Waals surface area contributed by atoms with Crippen LogP contribution in [0.4, 0.5) is 19.2 Å². The molecule has 0 spiro atoms. The molecule has 10 N–H and O–H groups in total. The van der Waals surface area contributed by atoms with Crippen molar-refractivity contribution >= 4 is 132 Å². The zero-order valence-electron chi connectivity index (χ0n) is 73.7. The van der Waals surface area contributed by atoms with Gasteiger partial charge in [-0.25, -0.2) is 37.9 Å². The van der Waals surface area contributed by atoms with Crippen LogP contribution >= 0.6 is 40.5 Å². The van der Waals surface area contributed by atoms with E-state index in [-0.39, 0.29) is 90.5 Å². The van der Waals surface area contributed by atoms with Gasteiger partial charge in [-0.3, -0.25) is 36.7 Å². The van der Waals surface area contributed by atoms with Crippen LogP contribution in [0.2, 0.25) is 0 Å². The van der Waals surface area contributed by atoms with Gasteiger partial charge < -0.3 is 103 Å². The predicted molar refractivity (Wildman–Crippen MR) is 467 cm³/mol. The number of phosphoric ester groups is 2. The molecule has 4 aromatic heterocycles. The number of ether oxygens (including phenoxy) is 9. The molecule has 10 atom stereocenters. The van der Waals surface area contributed by atoms with Gasteiger partial charge >= 0.3 is 64.0 Å². The van der Waals surface area contributed by atoms with Gasteiger partial charge in [0.15, 0.2) is 0 Å². The number of nitrogens with zero attached hydrogens (tertiary/aromatic N) is 4. The van der Waals surface area contributed by atoms with Crippen molar-refractivity contribution in [3.05, 3.63) is 144 Å². The van der Waals surface area contributed by atoms with Crippen LogP contribution in [-0.2, 0) is 152 Å². The molecule has 2 aliphatic heterocycles. The Morgan fingerprint density at radius 3 is 1.01 bits per heavy atom. The maximum Gasteiger partial charge on any atom is 0.519 e. The van der Waals surface area contributed by atoms with E-state index in [1.54, 1.807) is 96.9 Å². The summed E-state index contributed by atoms with van der Waals surface area (Å²) in [7, 11) is 0.564. The number of aromatic nitrogens is 4. The fraction of sp³-hybridized carbons (Fsp3) is 0.524. The van der Waals surface area contributed by atoms with E-state index in [1.165, 1.54) is 0 Å². The number of phosphoric acid groups is 2. The quantitative estimate of drug-likeness (QED) is 0.00977. The van der Waals surface area contributed by atoms with Crippen molar-refractivity contribution in [2.75, 3.05) is 66.1 Å². The third kappa shape index (κ3) is 36.2. The van der Waals surface area contributed by atoms with Crippen molar-refractivity contribution in [3.8, 4) is 0 Å². The van der Waals surface area contributed by atoms with Crippen molar-refractivity contribution in [1.82, 2.24) is 28.9 Å². The second-order valence-corrected chi connectivity index (χ2v) is 35.8. The van der Waals surface area contributed by atoms with Gasteiger partial charge in [-0.1, -0.05) is 72.8 Å². The molecule has 0 bridgehead atoms. The standard InChI is InChI=1S/C22H31N2O8P.C20H28N2O6.C17H23N2O6P.C15H20N2O4.C10H18O5.2ClH/c1-6-29-33(27)30-14-16(32-33)13-28-20(25)18(23-21(26)31-22(2,3)4)11-15-12-24(5)19-10-8-7-9-17(15)19;1-20(2,3)28-19(26)21-16(18(25)27-12-14(24)11-23)9-13-10-22(4)17-8-6-5-7-15(13)17;1-3-23-26(21)24-11-13(25-26)10-22-17(20)15(18)8-12-9-19(2)16-7-5-4-6-14(12)16;1-17-7-10(12-4-2-3-5-14(12)17)6-13(16)15(20)21-9-11(19)8-18;1-9(2,3)14-7(11)13-8(12)15-10(4,5)6;;/h7-10,12,16,18H,6,11,13-14H2,1-5H3,(H,23,26);5-8,10,14,16,23-24H,9,11-12H2,1-4H3,(H,21,26);4-7,9,13,15H,3,8,10-11,18H2,1-2H3;2-5,7,11,13,18-19H,6,8-9,16H2,1H3;1-6H3;2*1H/t16?,18-,33?;14?,16-;13?,15-,26?;11?,13-;;;/m1111.../s1. The van der Waals surface area contributed by atoms with Crippen LogP contribution in [0.25, 0.3) is 43.6 Å². The lowest BCUT2D eigenvalue weighted by molar-refractivity contribution is -0.150. The molecule has 2 amide bonds. The van der Waals surface area contributed by atoms with Crippen molar-refractivity contribution < 1.29 is 138 Å². The third-order valence-corrected chi connectivity index (χ3v) is 20.4. The number of para-hydroxylation sites is 4. The molecule has 6 unspecified atom stereocenters. The summed E-state index contributed by atoms with van der Waals surface area (Å²) in [4.78, 5) is 96.0. The molecule has 10 rings (SSSR count). The molecule has 0 aliphatic carbocycles. The van der Waals surface area contributed by atoms with Crippen LogP contribution in [0.1, 0.15) is 119 Å². The van der Waals surface area contributed by atoms with E-state index in [1.807, 2.05) is 168 Å². The van der Waals surface area contributed by atoms with Crippen LogP contribution in [-0.4, -0.2) is 224 Å². The van der Waals surface area contributed by atoms with Crippen molar-refractivity contribution in [3.63, 3.8) is 0 Å². The molecule has 6 heterocycles. The van der Waals surface area contributed by atoms with E-state index in [4.69, 9.17) is 91.8 Å². The average Bonchev–Trinajstić information content (AvgIpc) is 1.67. The molecule has 0 radical (unpaired) electrons. The first-order valence-corrected chi connectivity index (χ1v) is 42.6. The summed E-state index contributed by atoms with van der Waals surface area (Å²) in [5.74, 6) is -2.52. The first kappa shape index (κ1) is 108. The number of aliphatic hydroxyl groups excluding tert-OH is 4. The number of rotatable bonds is 28. The molecular weight excluding hydrogens is 1720 g/mol. The van der Waals surface area contributed by atoms with Crippen LogP contribution in [0.15, 0.2) is 122 Å². The second-order valence-electron chi connectivity index (χ2n) is 32.6. The first-order chi connectivity index (χ1) is 57.5. The molecule has 8 aromatic rings. The lowest BCUT2D eigenvalue weighted by atomic mass is 10.1. The molecule has 41 heteroatoms. The van der Waals surface area contributed by atoms with Gasteiger partial charge in [0.25, 0.3) is 0 Å². The number of carbonyl (C=O) groups is 8. The number of nitrogens with two attached hydrogens (primary N) is 2. The van der Waals surface area contributed by atoms with Gasteiger partial charge in [0.2, 0.25) is 0 Å². The van der Waals surface area contributed by atoms with E-state index in [9.17, 15) is 52.6 Å². The van der Waals surface area contributed by atoms with Crippen LogP contribution < -0.4 is 22.1 Å². The summed E-state index contributed by atoms with van der Waals surface area (Å²) in [6.07, 6.45) is 1.62. The van der Waals surface area contributed by atoms with Gasteiger partial charge in [-0.2, -0.15) is 0 Å². The molecule has 4 aromatic carbocycles. The van der Waals surface area contributed by atoms with Crippen molar-refractivity contribution in [2.24, 2.45) is 39.7 Å². The number of aliphatic hydroxyl groups is 4. The van der Waals surface area contributed by atoms with E-state index >= 15 is 0 Å². The highest BCUT2D eigenvalue weighted by Gasteiger charge is 2.41. The number of aryl methyl sites for hydroxylation is 4. The third-order valence-electron chi connectivity index (χ3n) is 17.2. The highest BCUT2D eigenvalue weighted by molar-refractivity contribution is 7.49. The van der Waals surface area contributed by atoms with Crippen LogP contribution in [0, 0.1) is 0 Å². The number of hydrogen-bond acceptors (Lipinski definition) is 31. The average molecular weight is 1840 g/mol. The zero-order chi connectivity index (χ0) is 91.5. The zero-order valence-corrected chi connectivity index (χ0v) is 77.1. The molecule has 2 fully saturated rings.